The van der Waals surface area contributed by atoms with Crippen LogP contribution in [0.15, 0.2) is 47.4 Å². The average molecular weight is 588 g/mol. The van der Waals surface area contributed by atoms with Crippen LogP contribution in [0.5, 0.6) is 5.75 Å². The second-order valence-corrected chi connectivity index (χ2v) is 13.2. The van der Waals surface area contributed by atoms with E-state index in [1.807, 2.05) is 24.3 Å². The van der Waals surface area contributed by atoms with Gasteiger partial charge in [0.1, 0.15) is 10.6 Å². The maximum absolute atomic E-state index is 13.6. The van der Waals surface area contributed by atoms with Gasteiger partial charge < -0.3 is 9.47 Å². The molecule has 7 nitrogen and oxygen atoms in total. The van der Waals surface area contributed by atoms with Crippen molar-refractivity contribution in [2.24, 2.45) is 0 Å². The van der Waals surface area contributed by atoms with Gasteiger partial charge in [0.2, 0.25) is 10.0 Å². The van der Waals surface area contributed by atoms with E-state index in [0.29, 0.717) is 18.8 Å². The highest BCUT2D eigenvalue weighted by Gasteiger charge is 2.30. The number of ketones is 2. The smallest absolute Gasteiger partial charge is 0.244 e. The molecule has 5 rings (SSSR count). The number of methoxy groups -OCH3 is 1. The summed E-state index contributed by atoms with van der Waals surface area (Å²) in [5.41, 5.74) is 2.86. The predicted molar refractivity (Wildman–Crippen MR) is 151 cm³/mol. The summed E-state index contributed by atoms with van der Waals surface area (Å²) < 4.78 is 38.3. The lowest BCUT2D eigenvalue weighted by Crippen LogP contribution is -2.40. The number of hydrogen-bond acceptors (Lipinski definition) is 7. The fourth-order valence-electron chi connectivity index (χ4n) is 5.14. The summed E-state index contributed by atoms with van der Waals surface area (Å²) in [7, 11) is -2.28. The molecular formula is C29H30ClNO6S2. The Morgan fingerprint density at radius 1 is 1.00 bits per heavy atom. The SMILES string of the molecule is COc1ccc(CC(=O)c2c(CC(=O)c3ccc(Cl)c(S(=O)(=O)N4CCOCC4)c3)sc3c2CCCC3)cc1. The van der Waals surface area contributed by atoms with E-state index in [9.17, 15) is 18.0 Å². The van der Waals surface area contributed by atoms with Crippen LogP contribution in [-0.2, 0) is 40.4 Å². The van der Waals surface area contributed by atoms with Crippen molar-refractivity contribution >= 4 is 44.5 Å². The maximum atomic E-state index is 13.6. The first-order valence-corrected chi connectivity index (χ1v) is 15.6. The lowest BCUT2D eigenvalue weighted by molar-refractivity contribution is 0.0730. The predicted octanol–water partition coefficient (Wildman–Crippen LogP) is 5.16. The molecule has 0 N–H and O–H groups in total. The minimum Gasteiger partial charge on any atom is -0.497 e. The van der Waals surface area contributed by atoms with Gasteiger partial charge in [0.05, 0.1) is 25.3 Å². The Morgan fingerprint density at radius 2 is 1.72 bits per heavy atom. The Kier molecular flexibility index (Phi) is 8.54. The van der Waals surface area contributed by atoms with Gasteiger partial charge in [-0.05, 0) is 67.1 Å². The zero-order valence-corrected chi connectivity index (χ0v) is 24.1. The summed E-state index contributed by atoms with van der Waals surface area (Å²) >= 11 is 7.83. The number of aryl methyl sites for hydroxylation is 1. The Hall–Kier alpha value is -2.56. The Labute approximate surface area is 237 Å². The van der Waals surface area contributed by atoms with Crippen LogP contribution in [0.4, 0.5) is 0 Å². The Bertz CT molecular complexity index is 1490. The number of sulfonamides is 1. The third-order valence-corrected chi connectivity index (χ3v) is 10.9. The summed E-state index contributed by atoms with van der Waals surface area (Å²) in [6.07, 6.45) is 4.07. The first-order valence-electron chi connectivity index (χ1n) is 13.0. The van der Waals surface area contributed by atoms with Gasteiger partial charge in [0, 0.05) is 46.8 Å². The Morgan fingerprint density at radius 3 is 2.44 bits per heavy atom. The summed E-state index contributed by atoms with van der Waals surface area (Å²) in [5.74, 6) is 0.472. The first-order chi connectivity index (χ1) is 18.8. The molecule has 0 bridgehead atoms. The van der Waals surface area contributed by atoms with Crippen LogP contribution in [0.25, 0.3) is 0 Å². The van der Waals surface area contributed by atoms with E-state index < -0.39 is 10.0 Å². The normalized spacial score (nSPS) is 16.1. The minimum atomic E-state index is -3.88. The molecule has 0 unspecified atom stereocenters. The molecule has 0 spiro atoms. The molecule has 2 heterocycles. The van der Waals surface area contributed by atoms with Crippen LogP contribution in [0, 0.1) is 0 Å². The lowest BCUT2D eigenvalue weighted by Gasteiger charge is -2.26. The van der Waals surface area contributed by atoms with Gasteiger partial charge in [-0.2, -0.15) is 4.31 Å². The molecule has 1 fully saturated rings. The molecule has 1 aliphatic heterocycles. The molecule has 1 aromatic heterocycles. The first kappa shape index (κ1) is 28.0. The van der Waals surface area contributed by atoms with E-state index >= 15 is 0 Å². The largest absolute Gasteiger partial charge is 0.497 e. The van der Waals surface area contributed by atoms with Gasteiger partial charge in [0.25, 0.3) is 0 Å². The second kappa shape index (κ2) is 11.9. The van der Waals surface area contributed by atoms with Crippen molar-refractivity contribution in [2.75, 3.05) is 33.4 Å². The maximum Gasteiger partial charge on any atom is 0.244 e. The number of Topliss-reactive ketones (excluding diaryl/α,β-unsaturated/α-hetero) is 2. The lowest BCUT2D eigenvalue weighted by atomic mass is 9.90. The molecule has 1 aliphatic carbocycles. The summed E-state index contributed by atoms with van der Waals surface area (Å²) in [6, 6.07) is 11.8. The van der Waals surface area contributed by atoms with Crippen molar-refractivity contribution in [1.82, 2.24) is 4.31 Å². The van der Waals surface area contributed by atoms with E-state index in [1.165, 1.54) is 32.7 Å². The summed E-state index contributed by atoms with van der Waals surface area (Å²) in [5, 5.41) is 0.0694. The van der Waals surface area contributed by atoms with E-state index in [0.717, 1.165) is 47.4 Å². The third kappa shape index (κ3) is 5.98. The van der Waals surface area contributed by atoms with Gasteiger partial charge in [-0.25, -0.2) is 8.42 Å². The van der Waals surface area contributed by atoms with Crippen molar-refractivity contribution in [1.29, 1.82) is 0 Å². The van der Waals surface area contributed by atoms with Gasteiger partial charge in [-0.1, -0.05) is 23.7 Å². The number of benzene rings is 2. The fraction of sp³-hybridized carbons (Fsp3) is 0.379. The highest BCUT2D eigenvalue weighted by Crippen LogP contribution is 2.36. The van der Waals surface area contributed by atoms with Crippen molar-refractivity contribution < 1.29 is 27.5 Å². The molecule has 0 radical (unpaired) electrons. The number of thiophene rings is 1. The molecule has 1 saturated heterocycles. The molecule has 206 valence electrons. The van der Waals surface area contributed by atoms with E-state index in [1.54, 1.807) is 13.2 Å². The molecule has 2 aromatic carbocycles. The summed E-state index contributed by atoms with van der Waals surface area (Å²) in [4.78, 5) is 28.9. The number of fused-ring (bicyclic) bond motifs is 1. The number of carbonyl (C=O) groups excluding carboxylic acids is 2. The number of morpholine rings is 1. The quantitative estimate of drug-likeness (QED) is 0.321. The topological polar surface area (TPSA) is 90.0 Å². The molecule has 3 aromatic rings. The molecule has 0 amide bonds. The van der Waals surface area contributed by atoms with Crippen LogP contribution >= 0.6 is 22.9 Å². The third-order valence-electron chi connectivity index (χ3n) is 7.21. The van der Waals surface area contributed by atoms with Gasteiger partial charge in [-0.15, -0.1) is 11.3 Å². The van der Waals surface area contributed by atoms with Crippen LogP contribution in [0.2, 0.25) is 5.02 Å². The van der Waals surface area contributed by atoms with Crippen LogP contribution in [0.3, 0.4) is 0 Å². The number of halogens is 1. The number of rotatable bonds is 9. The highest BCUT2D eigenvalue weighted by atomic mass is 35.5. The molecule has 39 heavy (non-hydrogen) atoms. The van der Waals surface area contributed by atoms with E-state index in [2.05, 4.69) is 0 Å². The average Bonchev–Trinajstić information content (AvgIpc) is 3.32. The highest BCUT2D eigenvalue weighted by molar-refractivity contribution is 7.89. The minimum absolute atomic E-state index is 0.00550. The van der Waals surface area contributed by atoms with Crippen molar-refractivity contribution in [2.45, 2.75) is 43.4 Å². The second-order valence-electron chi connectivity index (χ2n) is 9.72. The van der Waals surface area contributed by atoms with Gasteiger partial charge in [-0.3, -0.25) is 9.59 Å². The molecule has 10 heteroatoms. The van der Waals surface area contributed by atoms with Crippen molar-refractivity contribution in [3.05, 3.63) is 79.5 Å². The molecular weight excluding hydrogens is 558 g/mol. The van der Waals surface area contributed by atoms with Gasteiger partial charge >= 0.3 is 0 Å². The molecule has 0 atom stereocenters. The number of ether oxygens (including phenoxy) is 2. The monoisotopic (exact) mass is 587 g/mol. The zero-order valence-electron chi connectivity index (χ0n) is 21.7. The van der Waals surface area contributed by atoms with E-state index in [-0.39, 0.29) is 53.0 Å². The van der Waals surface area contributed by atoms with Crippen LogP contribution in [0.1, 0.15) is 54.4 Å². The van der Waals surface area contributed by atoms with Crippen LogP contribution < -0.4 is 4.74 Å². The number of nitrogens with zero attached hydrogens (tertiary/aromatic N) is 1. The van der Waals surface area contributed by atoms with Crippen molar-refractivity contribution in [3.63, 3.8) is 0 Å². The molecule has 2 aliphatic rings. The number of carbonyl (C=O) groups is 2. The van der Waals surface area contributed by atoms with Crippen molar-refractivity contribution in [3.8, 4) is 5.75 Å². The standard InChI is InChI=1S/C29H30ClNO6S2/c1-36-21-9-6-19(7-10-21)16-25(33)29-22-4-2-3-5-26(22)38-27(29)18-24(32)20-8-11-23(30)28(17-20)39(34,35)31-12-14-37-15-13-31/h6-11,17H,2-5,12-16,18H2,1H3. The van der Waals surface area contributed by atoms with Crippen LogP contribution in [-0.4, -0.2) is 57.7 Å². The number of hydrogen-bond donors (Lipinski definition) is 0. The van der Waals surface area contributed by atoms with Gasteiger partial charge in [0.15, 0.2) is 11.6 Å². The zero-order chi connectivity index (χ0) is 27.6. The fourth-order valence-corrected chi connectivity index (χ4v) is 8.46. The summed E-state index contributed by atoms with van der Waals surface area (Å²) in [6.45, 7) is 1.09. The van der Waals surface area contributed by atoms with E-state index in [4.69, 9.17) is 21.1 Å². The Balaban J connectivity index is 1.42. The molecule has 0 saturated carbocycles.